The van der Waals surface area contributed by atoms with Crippen LogP contribution in [0.15, 0.2) is 67.1 Å². The van der Waals surface area contributed by atoms with E-state index in [0.29, 0.717) is 10.9 Å². The minimum Gasteiger partial charge on any atom is -0.306 e. The standard InChI is InChI=1S/C21H12ClFN4O2/c22-17-4-1-5-18(26-17)27-21(29)16-9-13(7-12-3-2-6-25-19(12)16)20(28)14-8-15(23)11-24-10-14/h1-11H,(H,26,27,29). The van der Waals surface area contributed by atoms with Gasteiger partial charge in [-0.2, -0.15) is 0 Å². The number of carbonyl (C=O) groups excluding carboxylic acids is 2. The number of benzene rings is 1. The molecule has 0 saturated carbocycles. The van der Waals surface area contributed by atoms with Gasteiger partial charge in [0.15, 0.2) is 5.78 Å². The highest BCUT2D eigenvalue weighted by Crippen LogP contribution is 2.22. The van der Waals surface area contributed by atoms with Gasteiger partial charge in [0.2, 0.25) is 0 Å². The van der Waals surface area contributed by atoms with Crippen LogP contribution in [-0.2, 0) is 0 Å². The first-order valence-corrected chi connectivity index (χ1v) is 8.87. The van der Waals surface area contributed by atoms with Gasteiger partial charge in [0.05, 0.1) is 17.3 Å². The second kappa shape index (κ2) is 7.73. The van der Waals surface area contributed by atoms with E-state index in [-0.39, 0.29) is 27.7 Å². The molecule has 1 aromatic carbocycles. The number of pyridine rings is 3. The van der Waals surface area contributed by atoms with Crippen molar-refractivity contribution in [2.24, 2.45) is 0 Å². The van der Waals surface area contributed by atoms with E-state index in [9.17, 15) is 14.0 Å². The maximum atomic E-state index is 13.5. The number of hydrogen-bond donors (Lipinski definition) is 1. The molecule has 4 aromatic rings. The van der Waals surface area contributed by atoms with Gasteiger partial charge in [-0.05, 0) is 36.4 Å². The van der Waals surface area contributed by atoms with Crippen molar-refractivity contribution in [2.45, 2.75) is 0 Å². The van der Waals surface area contributed by atoms with Crippen LogP contribution in [0.1, 0.15) is 26.3 Å². The fourth-order valence-corrected chi connectivity index (χ4v) is 3.02. The van der Waals surface area contributed by atoms with Crippen molar-refractivity contribution in [3.63, 3.8) is 0 Å². The Morgan fingerprint density at radius 1 is 1.00 bits per heavy atom. The van der Waals surface area contributed by atoms with Gasteiger partial charge in [0.1, 0.15) is 16.8 Å². The first kappa shape index (κ1) is 18.6. The summed E-state index contributed by atoms with van der Waals surface area (Å²) in [6.07, 6.45) is 3.83. The molecule has 3 aromatic heterocycles. The second-order valence-corrected chi connectivity index (χ2v) is 6.51. The summed E-state index contributed by atoms with van der Waals surface area (Å²) in [5.41, 5.74) is 0.886. The summed E-state index contributed by atoms with van der Waals surface area (Å²) in [7, 11) is 0. The molecule has 1 N–H and O–H groups in total. The molecule has 0 atom stereocenters. The van der Waals surface area contributed by atoms with Gasteiger partial charge in [-0.15, -0.1) is 0 Å². The van der Waals surface area contributed by atoms with Crippen LogP contribution in [-0.4, -0.2) is 26.6 Å². The lowest BCUT2D eigenvalue weighted by molar-refractivity contribution is 0.102. The largest absolute Gasteiger partial charge is 0.306 e. The molecule has 3 heterocycles. The van der Waals surface area contributed by atoms with Crippen molar-refractivity contribution >= 4 is 40.0 Å². The summed E-state index contributed by atoms with van der Waals surface area (Å²) in [4.78, 5) is 37.7. The van der Waals surface area contributed by atoms with Crippen molar-refractivity contribution in [1.82, 2.24) is 15.0 Å². The number of aromatic nitrogens is 3. The highest BCUT2D eigenvalue weighted by Gasteiger charge is 2.18. The van der Waals surface area contributed by atoms with Gasteiger partial charge < -0.3 is 5.32 Å². The van der Waals surface area contributed by atoms with E-state index in [2.05, 4.69) is 20.3 Å². The average Bonchev–Trinajstić information content (AvgIpc) is 2.72. The van der Waals surface area contributed by atoms with Crippen LogP contribution in [0.5, 0.6) is 0 Å². The zero-order valence-electron chi connectivity index (χ0n) is 14.8. The molecule has 0 spiro atoms. The highest BCUT2D eigenvalue weighted by atomic mass is 35.5. The number of ketones is 1. The van der Waals surface area contributed by atoms with E-state index >= 15 is 0 Å². The smallest absolute Gasteiger partial charge is 0.259 e. The maximum absolute atomic E-state index is 13.5. The third-order valence-electron chi connectivity index (χ3n) is 4.14. The minimum absolute atomic E-state index is 0.0797. The van der Waals surface area contributed by atoms with Crippen molar-refractivity contribution < 1.29 is 14.0 Å². The monoisotopic (exact) mass is 406 g/mol. The molecule has 4 rings (SSSR count). The van der Waals surface area contributed by atoms with Gasteiger partial charge in [-0.25, -0.2) is 9.37 Å². The summed E-state index contributed by atoms with van der Waals surface area (Å²) >= 11 is 5.86. The maximum Gasteiger partial charge on any atom is 0.259 e. The Morgan fingerprint density at radius 3 is 2.66 bits per heavy atom. The molecule has 0 aliphatic carbocycles. The normalized spacial score (nSPS) is 10.7. The Balaban J connectivity index is 1.78. The van der Waals surface area contributed by atoms with E-state index in [1.165, 1.54) is 12.3 Å². The number of carbonyl (C=O) groups is 2. The average molecular weight is 407 g/mol. The Labute approximate surface area is 169 Å². The Bertz CT molecular complexity index is 1260. The summed E-state index contributed by atoms with van der Waals surface area (Å²) in [6.45, 7) is 0. The van der Waals surface area contributed by atoms with Crippen molar-refractivity contribution in [3.05, 3.63) is 94.8 Å². The molecule has 1 amide bonds. The molecule has 0 aliphatic heterocycles. The van der Waals surface area contributed by atoms with Crippen molar-refractivity contribution in [2.75, 3.05) is 5.32 Å². The molecule has 0 fully saturated rings. The zero-order valence-corrected chi connectivity index (χ0v) is 15.5. The molecule has 0 bridgehead atoms. The number of anilines is 1. The van der Waals surface area contributed by atoms with E-state index in [0.717, 1.165) is 12.3 Å². The Kier molecular flexibility index (Phi) is 4.97. The number of nitrogens with one attached hydrogen (secondary N) is 1. The third-order valence-corrected chi connectivity index (χ3v) is 4.35. The molecule has 0 saturated heterocycles. The lowest BCUT2D eigenvalue weighted by Gasteiger charge is -2.10. The molecule has 142 valence electrons. The number of halogens is 2. The van der Waals surface area contributed by atoms with Crippen LogP contribution in [0.25, 0.3) is 10.9 Å². The summed E-state index contributed by atoms with van der Waals surface area (Å²) in [5.74, 6) is -1.32. The predicted octanol–water partition coefficient (Wildman–Crippen LogP) is 4.30. The first-order chi connectivity index (χ1) is 14.0. The van der Waals surface area contributed by atoms with Crippen LogP contribution in [0.3, 0.4) is 0 Å². The second-order valence-electron chi connectivity index (χ2n) is 6.12. The lowest BCUT2D eigenvalue weighted by Crippen LogP contribution is -2.15. The molecular weight excluding hydrogens is 395 g/mol. The van der Waals surface area contributed by atoms with Crippen molar-refractivity contribution in [1.29, 1.82) is 0 Å². The highest BCUT2D eigenvalue weighted by molar-refractivity contribution is 6.29. The van der Waals surface area contributed by atoms with E-state index < -0.39 is 17.5 Å². The molecule has 0 unspecified atom stereocenters. The lowest BCUT2D eigenvalue weighted by atomic mass is 9.98. The molecular formula is C21H12ClFN4O2. The topological polar surface area (TPSA) is 84.8 Å². The van der Waals surface area contributed by atoms with Crippen LogP contribution < -0.4 is 5.32 Å². The quantitative estimate of drug-likeness (QED) is 0.403. The van der Waals surface area contributed by atoms with Crippen LogP contribution in [0.2, 0.25) is 5.15 Å². The number of fused-ring (bicyclic) bond motifs is 1. The summed E-state index contributed by atoms with van der Waals surface area (Å²) in [6, 6.07) is 12.4. The molecule has 8 heteroatoms. The van der Waals surface area contributed by atoms with Crippen molar-refractivity contribution in [3.8, 4) is 0 Å². The first-order valence-electron chi connectivity index (χ1n) is 8.49. The molecule has 0 aliphatic rings. The van der Waals surface area contributed by atoms with Crippen LogP contribution >= 0.6 is 11.6 Å². The molecule has 0 radical (unpaired) electrons. The van der Waals surface area contributed by atoms with Gasteiger partial charge in [0, 0.05) is 28.9 Å². The fraction of sp³-hybridized carbons (Fsp3) is 0. The third kappa shape index (κ3) is 3.95. The fourth-order valence-electron chi connectivity index (χ4n) is 2.86. The predicted molar refractivity (Wildman–Crippen MR) is 107 cm³/mol. The van der Waals surface area contributed by atoms with Gasteiger partial charge in [-0.3, -0.25) is 19.6 Å². The van der Waals surface area contributed by atoms with Gasteiger partial charge in [0.25, 0.3) is 5.91 Å². The molecule has 6 nitrogen and oxygen atoms in total. The molecule has 29 heavy (non-hydrogen) atoms. The summed E-state index contributed by atoms with van der Waals surface area (Å²) < 4.78 is 13.5. The Morgan fingerprint density at radius 2 is 1.86 bits per heavy atom. The van der Waals surface area contributed by atoms with E-state index in [1.807, 2.05) is 0 Å². The van der Waals surface area contributed by atoms with Gasteiger partial charge >= 0.3 is 0 Å². The van der Waals surface area contributed by atoms with E-state index in [4.69, 9.17) is 11.6 Å². The number of hydrogen-bond acceptors (Lipinski definition) is 5. The number of nitrogens with zero attached hydrogens (tertiary/aromatic N) is 3. The van der Waals surface area contributed by atoms with Crippen LogP contribution in [0, 0.1) is 5.82 Å². The summed E-state index contributed by atoms with van der Waals surface area (Å²) in [5, 5.41) is 3.47. The van der Waals surface area contributed by atoms with Gasteiger partial charge in [-0.1, -0.05) is 23.7 Å². The SMILES string of the molecule is O=C(c1cncc(F)c1)c1cc(C(=O)Nc2cccc(Cl)n2)c2ncccc2c1. The minimum atomic E-state index is -0.622. The van der Waals surface area contributed by atoms with Crippen LogP contribution in [0.4, 0.5) is 10.2 Å². The Hall–Kier alpha value is -3.71. The van der Waals surface area contributed by atoms with E-state index in [1.54, 1.807) is 42.6 Å². The number of rotatable bonds is 4. The number of amides is 1. The zero-order chi connectivity index (χ0) is 20.4.